The first-order valence-corrected chi connectivity index (χ1v) is 5.64. The molecule has 0 saturated heterocycles. The summed E-state index contributed by atoms with van der Waals surface area (Å²) in [4.78, 5) is 11.9. The van der Waals surface area contributed by atoms with E-state index >= 15 is 0 Å². The normalized spacial score (nSPS) is 10.2. The Kier molecular flexibility index (Phi) is 3.53. The van der Waals surface area contributed by atoms with Gasteiger partial charge in [-0.3, -0.25) is 9.89 Å². The first-order valence-electron chi connectivity index (χ1n) is 5.26. The van der Waals surface area contributed by atoms with Crippen molar-refractivity contribution in [1.29, 1.82) is 0 Å². The van der Waals surface area contributed by atoms with Gasteiger partial charge in [-0.1, -0.05) is 11.6 Å². The van der Waals surface area contributed by atoms with Crippen LogP contribution in [0.1, 0.15) is 16.1 Å². The predicted octanol–water partition coefficient (Wildman–Crippen LogP) is 2.63. The second kappa shape index (κ2) is 5.10. The third kappa shape index (κ3) is 2.46. The molecule has 0 aliphatic carbocycles. The molecule has 2 aromatic rings. The van der Waals surface area contributed by atoms with Crippen LogP contribution in [0.25, 0.3) is 0 Å². The maximum Gasteiger partial charge on any atom is 0.273 e. The Bertz CT molecular complexity index is 567. The Labute approximate surface area is 109 Å². The Morgan fingerprint density at radius 1 is 1.50 bits per heavy atom. The van der Waals surface area contributed by atoms with Crippen molar-refractivity contribution in [2.75, 3.05) is 12.4 Å². The van der Waals surface area contributed by atoms with Crippen LogP contribution in [0.15, 0.2) is 24.4 Å². The summed E-state index contributed by atoms with van der Waals surface area (Å²) in [6.07, 6.45) is 1.51. The summed E-state index contributed by atoms with van der Waals surface area (Å²) in [6.45, 7) is 1.85. The molecule has 0 spiro atoms. The third-order valence-electron chi connectivity index (χ3n) is 2.47. The fourth-order valence-electron chi connectivity index (χ4n) is 1.50. The molecule has 18 heavy (non-hydrogen) atoms. The number of aromatic amines is 1. The number of ether oxygens (including phenoxy) is 1. The number of methoxy groups -OCH3 is 1. The van der Waals surface area contributed by atoms with Gasteiger partial charge in [-0.05, 0) is 24.6 Å². The number of carbonyl (C=O) groups is 1. The van der Waals surface area contributed by atoms with Crippen molar-refractivity contribution >= 4 is 23.2 Å². The number of halogens is 1. The maximum absolute atomic E-state index is 11.9. The van der Waals surface area contributed by atoms with Gasteiger partial charge >= 0.3 is 0 Å². The van der Waals surface area contributed by atoms with Crippen LogP contribution in [-0.4, -0.2) is 23.2 Å². The topological polar surface area (TPSA) is 67.0 Å². The van der Waals surface area contributed by atoms with Gasteiger partial charge in [-0.2, -0.15) is 5.10 Å². The Morgan fingerprint density at radius 2 is 2.28 bits per heavy atom. The molecule has 0 bridgehead atoms. The van der Waals surface area contributed by atoms with Crippen LogP contribution in [0, 0.1) is 6.92 Å². The monoisotopic (exact) mass is 265 g/mol. The summed E-state index contributed by atoms with van der Waals surface area (Å²) in [6, 6.07) is 5.01. The second-order valence-corrected chi connectivity index (χ2v) is 4.13. The summed E-state index contributed by atoms with van der Waals surface area (Å²) in [5.41, 5.74) is 1.81. The van der Waals surface area contributed by atoms with Crippen molar-refractivity contribution in [2.24, 2.45) is 0 Å². The zero-order valence-corrected chi connectivity index (χ0v) is 10.7. The first-order chi connectivity index (χ1) is 8.61. The molecule has 1 aromatic carbocycles. The second-order valence-electron chi connectivity index (χ2n) is 3.73. The molecule has 2 rings (SSSR count). The molecule has 5 nitrogen and oxygen atoms in total. The van der Waals surface area contributed by atoms with Gasteiger partial charge < -0.3 is 10.1 Å². The van der Waals surface area contributed by atoms with E-state index < -0.39 is 0 Å². The van der Waals surface area contributed by atoms with Gasteiger partial charge in [0.05, 0.1) is 12.8 Å². The van der Waals surface area contributed by atoms with Crippen molar-refractivity contribution in [3.05, 3.63) is 40.7 Å². The van der Waals surface area contributed by atoms with E-state index in [4.69, 9.17) is 16.3 Å². The van der Waals surface area contributed by atoms with Crippen molar-refractivity contribution in [3.8, 4) is 5.75 Å². The molecule has 0 aliphatic rings. The number of anilines is 1. The van der Waals surface area contributed by atoms with E-state index in [1.54, 1.807) is 18.2 Å². The molecular weight excluding hydrogens is 254 g/mol. The summed E-state index contributed by atoms with van der Waals surface area (Å²) in [5.74, 6) is 0.228. The molecule has 1 aromatic heterocycles. The molecule has 2 N–H and O–H groups in total. The van der Waals surface area contributed by atoms with E-state index in [-0.39, 0.29) is 5.91 Å². The molecule has 6 heteroatoms. The number of H-pyrrole nitrogens is 1. The average Bonchev–Trinajstić information content (AvgIpc) is 2.87. The van der Waals surface area contributed by atoms with Gasteiger partial charge in [0.2, 0.25) is 0 Å². The highest BCUT2D eigenvalue weighted by atomic mass is 35.5. The lowest BCUT2D eigenvalue weighted by molar-refractivity contribution is 0.102. The molecular formula is C12H12ClN3O2. The molecule has 0 fully saturated rings. The number of carbonyl (C=O) groups excluding carboxylic acids is 1. The van der Waals surface area contributed by atoms with E-state index in [0.717, 1.165) is 5.56 Å². The number of hydrogen-bond donors (Lipinski definition) is 2. The zero-order valence-electron chi connectivity index (χ0n) is 9.95. The van der Waals surface area contributed by atoms with Crippen LogP contribution >= 0.6 is 11.6 Å². The Balaban J connectivity index is 2.28. The van der Waals surface area contributed by atoms with Gasteiger partial charge in [-0.25, -0.2) is 0 Å². The first kappa shape index (κ1) is 12.4. The molecule has 0 saturated carbocycles. The molecule has 0 unspecified atom stereocenters. The van der Waals surface area contributed by atoms with Crippen molar-refractivity contribution in [3.63, 3.8) is 0 Å². The highest BCUT2D eigenvalue weighted by Crippen LogP contribution is 2.31. The zero-order chi connectivity index (χ0) is 13.1. The predicted molar refractivity (Wildman–Crippen MR) is 69.3 cm³/mol. The summed E-state index contributed by atoms with van der Waals surface area (Å²) >= 11 is 5.99. The van der Waals surface area contributed by atoms with E-state index in [9.17, 15) is 4.79 Å². The Morgan fingerprint density at radius 3 is 2.89 bits per heavy atom. The van der Waals surface area contributed by atoms with Crippen molar-refractivity contribution < 1.29 is 9.53 Å². The largest absolute Gasteiger partial charge is 0.495 e. The quantitative estimate of drug-likeness (QED) is 0.896. The molecule has 0 atom stereocenters. The molecule has 1 amide bonds. The Hall–Kier alpha value is -2.01. The lowest BCUT2D eigenvalue weighted by Gasteiger charge is -2.11. The number of benzene rings is 1. The van der Waals surface area contributed by atoms with Gasteiger partial charge in [0, 0.05) is 17.3 Å². The summed E-state index contributed by atoms with van der Waals surface area (Å²) in [7, 11) is 1.52. The minimum atomic E-state index is -0.285. The van der Waals surface area contributed by atoms with Crippen LogP contribution in [0.3, 0.4) is 0 Å². The smallest absolute Gasteiger partial charge is 0.273 e. The van der Waals surface area contributed by atoms with Crippen LogP contribution < -0.4 is 10.1 Å². The van der Waals surface area contributed by atoms with Gasteiger partial charge in [0.25, 0.3) is 5.91 Å². The van der Waals surface area contributed by atoms with Crippen LogP contribution in [0.2, 0.25) is 5.02 Å². The molecule has 94 valence electrons. The van der Waals surface area contributed by atoms with Gasteiger partial charge in [-0.15, -0.1) is 0 Å². The lowest BCUT2D eigenvalue weighted by atomic mass is 10.2. The van der Waals surface area contributed by atoms with E-state index in [2.05, 4.69) is 15.5 Å². The third-order valence-corrected chi connectivity index (χ3v) is 2.88. The van der Waals surface area contributed by atoms with E-state index in [0.29, 0.717) is 22.2 Å². The van der Waals surface area contributed by atoms with Crippen LogP contribution in [-0.2, 0) is 0 Å². The fourth-order valence-corrected chi connectivity index (χ4v) is 1.66. The number of rotatable bonds is 3. The highest BCUT2D eigenvalue weighted by molar-refractivity contribution is 6.31. The lowest BCUT2D eigenvalue weighted by Crippen LogP contribution is -2.13. The maximum atomic E-state index is 11.9. The molecule has 0 aliphatic heterocycles. The number of aryl methyl sites for hydroxylation is 1. The van der Waals surface area contributed by atoms with Crippen molar-refractivity contribution in [1.82, 2.24) is 10.2 Å². The summed E-state index contributed by atoms with van der Waals surface area (Å²) < 4.78 is 5.17. The number of aromatic nitrogens is 2. The van der Waals surface area contributed by atoms with Gasteiger partial charge in [0.1, 0.15) is 11.4 Å². The van der Waals surface area contributed by atoms with Gasteiger partial charge in [0.15, 0.2) is 0 Å². The van der Waals surface area contributed by atoms with E-state index in [1.165, 1.54) is 13.3 Å². The van der Waals surface area contributed by atoms with Crippen LogP contribution in [0.5, 0.6) is 5.75 Å². The number of nitrogens with one attached hydrogen (secondary N) is 2. The minimum Gasteiger partial charge on any atom is -0.495 e. The number of amides is 1. The summed E-state index contributed by atoms with van der Waals surface area (Å²) in [5, 5.41) is 9.64. The number of nitrogens with zero attached hydrogens (tertiary/aromatic N) is 1. The minimum absolute atomic E-state index is 0.285. The highest BCUT2D eigenvalue weighted by Gasteiger charge is 2.12. The van der Waals surface area contributed by atoms with Crippen molar-refractivity contribution in [2.45, 2.75) is 6.92 Å². The molecule has 0 radical (unpaired) electrons. The average molecular weight is 266 g/mol. The van der Waals surface area contributed by atoms with E-state index in [1.807, 2.05) is 6.92 Å². The number of hydrogen-bond acceptors (Lipinski definition) is 3. The standard InChI is InChI=1S/C12H12ClN3O2/c1-7-5-10(11(18-2)6-8(7)13)15-12(17)9-3-4-14-16-9/h3-6H,1-2H3,(H,14,16)(H,15,17). The fraction of sp³-hybridized carbons (Fsp3) is 0.167. The SMILES string of the molecule is COc1cc(Cl)c(C)cc1NC(=O)c1ccn[nH]1. The van der Waals surface area contributed by atoms with Crippen LogP contribution in [0.4, 0.5) is 5.69 Å². The molecule has 1 heterocycles.